The quantitative estimate of drug-likeness (QED) is 0.863. The maximum atomic E-state index is 12.1. The molecule has 1 N–H and O–H groups in total. The minimum absolute atomic E-state index is 0.0329. The summed E-state index contributed by atoms with van der Waals surface area (Å²) in [6.45, 7) is -2.86. The molecule has 3 nitrogen and oxygen atoms in total. The van der Waals surface area contributed by atoms with Gasteiger partial charge in [-0.15, -0.1) is 0 Å². The minimum Gasteiger partial charge on any atom is -0.481 e. The predicted octanol–water partition coefficient (Wildman–Crippen LogP) is 2.79. The van der Waals surface area contributed by atoms with Crippen molar-refractivity contribution in [1.29, 1.82) is 0 Å². The van der Waals surface area contributed by atoms with Crippen LogP contribution >= 0.6 is 0 Å². The normalized spacial score (nSPS) is 16.9. The summed E-state index contributed by atoms with van der Waals surface area (Å²) in [7, 11) is 0. The Bertz CT molecular complexity index is 428. The Morgan fingerprint density at radius 2 is 2.18 bits per heavy atom. The zero-order valence-corrected chi connectivity index (χ0v) is 9.03. The number of benzene rings is 1. The molecule has 1 saturated carbocycles. The fraction of sp³-hybridized carbons (Fsp3) is 0.417. The number of alkyl halides is 2. The Morgan fingerprint density at radius 1 is 1.47 bits per heavy atom. The molecule has 92 valence electrons. The minimum atomic E-state index is -2.86. The van der Waals surface area contributed by atoms with Crippen molar-refractivity contribution in [3.63, 3.8) is 0 Å². The molecule has 0 spiro atoms. The molecule has 0 bridgehead atoms. The highest BCUT2D eigenvalue weighted by Gasteiger charge is 2.46. The van der Waals surface area contributed by atoms with Gasteiger partial charge in [0.25, 0.3) is 0 Å². The molecule has 0 saturated heterocycles. The number of hydrogen-bond acceptors (Lipinski definition) is 2. The first-order chi connectivity index (χ1) is 8.02. The summed E-state index contributed by atoms with van der Waals surface area (Å²) in [4.78, 5) is 10.7. The van der Waals surface area contributed by atoms with Crippen molar-refractivity contribution >= 4 is 5.97 Å². The van der Waals surface area contributed by atoms with Gasteiger partial charge >= 0.3 is 12.6 Å². The molecule has 2 rings (SSSR count). The van der Waals surface area contributed by atoms with Gasteiger partial charge in [0, 0.05) is 5.41 Å². The third kappa shape index (κ3) is 2.72. The van der Waals surface area contributed by atoms with Crippen molar-refractivity contribution in [2.45, 2.75) is 31.3 Å². The molecule has 0 radical (unpaired) electrons. The molecule has 1 aromatic rings. The van der Waals surface area contributed by atoms with Gasteiger partial charge in [-0.3, -0.25) is 4.79 Å². The van der Waals surface area contributed by atoms with E-state index in [1.165, 1.54) is 12.1 Å². The molecule has 1 fully saturated rings. The SMILES string of the molecule is O=C(O)CC1(c2cccc(OC(F)F)c2)CC1. The van der Waals surface area contributed by atoms with Crippen molar-refractivity contribution in [1.82, 2.24) is 0 Å². The van der Waals surface area contributed by atoms with E-state index in [0.717, 1.165) is 18.4 Å². The second-order valence-corrected chi connectivity index (χ2v) is 4.26. The molecule has 0 heterocycles. The molecule has 0 amide bonds. The van der Waals surface area contributed by atoms with Gasteiger partial charge in [-0.05, 0) is 30.5 Å². The molecule has 0 atom stereocenters. The number of carboxylic acids is 1. The van der Waals surface area contributed by atoms with Crippen LogP contribution in [-0.2, 0) is 10.2 Å². The van der Waals surface area contributed by atoms with Crippen LogP contribution < -0.4 is 4.74 Å². The lowest BCUT2D eigenvalue weighted by Gasteiger charge is -2.14. The Labute approximate surface area is 97.0 Å². The summed E-state index contributed by atoms with van der Waals surface area (Å²) in [5.41, 5.74) is 0.380. The summed E-state index contributed by atoms with van der Waals surface area (Å²) in [6, 6.07) is 6.30. The second-order valence-electron chi connectivity index (χ2n) is 4.26. The van der Waals surface area contributed by atoms with Crippen molar-refractivity contribution in [3.8, 4) is 5.75 Å². The van der Waals surface area contributed by atoms with Crippen LogP contribution in [0.4, 0.5) is 8.78 Å². The number of rotatable bonds is 5. The molecule has 1 aliphatic rings. The van der Waals surface area contributed by atoms with Crippen LogP contribution in [0.5, 0.6) is 5.75 Å². The molecule has 17 heavy (non-hydrogen) atoms. The monoisotopic (exact) mass is 242 g/mol. The molecule has 0 aromatic heterocycles. The van der Waals surface area contributed by atoms with Gasteiger partial charge in [0.2, 0.25) is 0 Å². The lowest BCUT2D eigenvalue weighted by Crippen LogP contribution is -2.13. The highest BCUT2D eigenvalue weighted by atomic mass is 19.3. The third-order valence-corrected chi connectivity index (χ3v) is 3.01. The number of carboxylic acid groups (broad SMARTS) is 1. The lowest BCUT2D eigenvalue weighted by molar-refractivity contribution is -0.137. The van der Waals surface area contributed by atoms with Crippen molar-refractivity contribution in [3.05, 3.63) is 29.8 Å². The van der Waals surface area contributed by atoms with Crippen LogP contribution in [0.3, 0.4) is 0 Å². The number of carbonyl (C=O) groups is 1. The smallest absolute Gasteiger partial charge is 0.387 e. The van der Waals surface area contributed by atoms with E-state index in [4.69, 9.17) is 5.11 Å². The van der Waals surface area contributed by atoms with Gasteiger partial charge in [-0.25, -0.2) is 0 Å². The number of aliphatic carboxylic acids is 1. The highest BCUT2D eigenvalue weighted by Crippen LogP contribution is 2.51. The van der Waals surface area contributed by atoms with E-state index in [9.17, 15) is 13.6 Å². The van der Waals surface area contributed by atoms with Crippen molar-refractivity contribution in [2.75, 3.05) is 0 Å². The van der Waals surface area contributed by atoms with Crippen LogP contribution in [0.2, 0.25) is 0 Å². The second kappa shape index (κ2) is 4.31. The first-order valence-electron chi connectivity index (χ1n) is 5.29. The predicted molar refractivity (Wildman–Crippen MR) is 56.2 cm³/mol. The average Bonchev–Trinajstić information content (AvgIpc) is 2.97. The lowest BCUT2D eigenvalue weighted by atomic mass is 9.92. The van der Waals surface area contributed by atoms with E-state index in [2.05, 4.69) is 4.74 Å². The zero-order valence-electron chi connectivity index (χ0n) is 9.03. The van der Waals surface area contributed by atoms with E-state index in [1.54, 1.807) is 12.1 Å². The first kappa shape index (κ1) is 11.8. The van der Waals surface area contributed by atoms with Crippen LogP contribution in [0, 0.1) is 0 Å². The third-order valence-electron chi connectivity index (χ3n) is 3.01. The van der Waals surface area contributed by atoms with Crippen LogP contribution in [0.1, 0.15) is 24.8 Å². The fourth-order valence-electron chi connectivity index (χ4n) is 2.01. The van der Waals surface area contributed by atoms with Gasteiger partial charge in [-0.1, -0.05) is 12.1 Å². The molecule has 0 unspecified atom stereocenters. The Hall–Kier alpha value is -1.65. The maximum Gasteiger partial charge on any atom is 0.387 e. The largest absolute Gasteiger partial charge is 0.481 e. The van der Waals surface area contributed by atoms with Crippen LogP contribution in [0.15, 0.2) is 24.3 Å². The first-order valence-corrected chi connectivity index (χ1v) is 5.29. The number of halogens is 2. The molecule has 5 heteroatoms. The average molecular weight is 242 g/mol. The summed E-state index contributed by atoms with van der Waals surface area (Å²) >= 11 is 0. The van der Waals surface area contributed by atoms with Gasteiger partial charge in [0.1, 0.15) is 5.75 Å². The molecular formula is C12H12F2O3. The van der Waals surface area contributed by atoms with Crippen LogP contribution in [0.25, 0.3) is 0 Å². The van der Waals surface area contributed by atoms with Gasteiger partial charge < -0.3 is 9.84 Å². The summed E-state index contributed by atoms with van der Waals surface area (Å²) in [5.74, 6) is -0.795. The van der Waals surface area contributed by atoms with Gasteiger partial charge in [0.05, 0.1) is 6.42 Å². The summed E-state index contributed by atoms with van der Waals surface area (Å²) < 4.78 is 28.4. The summed E-state index contributed by atoms with van der Waals surface area (Å²) in [6.07, 6.45) is 1.58. The number of hydrogen-bond donors (Lipinski definition) is 1. The molecule has 0 aliphatic heterocycles. The zero-order chi connectivity index (χ0) is 12.5. The maximum absolute atomic E-state index is 12.1. The van der Waals surface area contributed by atoms with Crippen LogP contribution in [-0.4, -0.2) is 17.7 Å². The van der Waals surface area contributed by atoms with Crippen molar-refractivity contribution < 1.29 is 23.4 Å². The van der Waals surface area contributed by atoms with Gasteiger partial charge in [-0.2, -0.15) is 8.78 Å². The van der Waals surface area contributed by atoms with E-state index in [1.807, 2.05) is 0 Å². The van der Waals surface area contributed by atoms with E-state index in [0.29, 0.717) is 0 Å². The molecular weight excluding hydrogens is 230 g/mol. The van der Waals surface area contributed by atoms with E-state index >= 15 is 0 Å². The van der Waals surface area contributed by atoms with Crippen molar-refractivity contribution in [2.24, 2.45) is 0 Å². The van der Waals surface area contributed by atoms with E-state index in [-0.39, 0.29) is 17.6 Å². The topological polar surface area (TPSA) is 46.5 Å². The van der Waals surface area contributed by atoms with Gasteiger partial charge in [0.15, 0.2) is 0 Å². The Kier molecular flexibility index (Phi) is 3.00. The molecule has 1 aliphatic carbocycles. The Balaban J connectivity index is 2.18. The summed E-state index contributed by atoms with van der Waals surface area (Å²) in [5, 5.41) is 8.81. The number of ether oxygens (including phenoxy) is 1. The fourth-order valence-corrected chi connectivity index (χ4v) is 2.01. The molecule has 1 aromatic carbocycles. The Morgan fingerprint density at radius 3 is 2.71 bits per heavy atom. The highest BCUT2D eigenvalue weighted by molar-refractivity contribution is 5.70. The standard InChI is InChI=1S/C12H12F2O3/c13-11(14)17-9-3-1-2-8(6-9)12(4-5-12)7-10(15)16/h1-3,6,11H,4-5,7H2,(H,15,16). The van der Waals surface area contributed by atoms with E-state index < -0.39 is 12.6 Å².